The van der Waals surface area contributed by atoms with Gasteiger partial charge in [0.05, 0.1) is 0 Å². The second-order valence-electron chi connectivity index (χ2n) is 3.18. The van der Waals surface area contributed by atoms with Crippen LogP contribution < -0.4 is 5.32 Å². The molecule has 0 fully saturated rings. The van der Waals surface area contributed by atoms with Gasteiger partial charge in [-0.15, -0.1) is 0 Å². The highest BCUT2D eigenvalue weighted by Crippen LogP contribution is 2.01. The summed E-state index contributed by atoms with van der Waals surface area (Å²) in [5.41, 5.74) is 0.702. The van der Waals surface area contributed by atoms with E-state index in [2.05, 4.69) is 10.3 Å². The van der Waals surface area contributed by atoms with Crippen molar-refractivity contribution in [2.75, 3.05) is 6.61 Å². The average Bonchev–Trinajstić information content (AvgIpc) is 2.29. The summed E-state index contributed by atoms with van der Waals surface area (Å²) >= 11 is 0. The van der Waals surface area contributed by atoms with E-state index in [4.69, 9.17) is 10.2 Å². The van der Waals surface area contributed by atoms with Crippen LogP contribution in [0.1, 0.15) is 5.56 Å². The minimum atomic E-state index is -1.15. The van der Waals surface area contributed by atoms with Gasteiger partial charge in [-0.25, -0.2) is 4.79 Å². The fourth-order valence-corrected chi connectivity index (χ4v) is 1.19. The topological polar surface area (TPSA) is 99.5 Å². The van der Waals surface area contributed by atoms with Crippen molar-refractivity contribution in [1.82, 2.24) is 10.3 Å². The van der Waals surface area contributed by atoms with Crippen molar-refractivity contribution in [3.05, 3.63) is 30.1 Å². The van der Waals surface area contributed by atoms with Crippen LogP contribution in [0.15, 0.2) is 24.5 Å². The van der Waals surface area contributed by atoms with Gasteiger partial charge in [0.25, 0.3) is 0 Å². The van der Waals surface area contributed by atoms with Gasteiger partial charge >= 0.3 is 5.97 Å². The second kappa shape index (κ2) is 5.82. The summed E-state index contributed by atoms with van der Waals surface area (Å²) in [7, 11) is 0. The van der Waals surface area contributed by atoms with E-state index in [1.54, 1.807) is 18.3 Å². The molecule has 1 unspecified atom stereocenters. The number of nitrogens with one attached hydrogen (secondary N) is 1. The van der Waals surface area contributed by atoms with Gasteiger partial charge in [0.15, 0.2) is 0 Å². The first kappa shape index (κ1) is 12.1. The van der Waals surface area contributed by atoms with Gasteiger partial charge in [-0.1, -0.05) is 6.07 Å². The van der Waals surface area contributed by atoms with Gasteiger partial charge in [0.1, 0.15) is 12.6 Å². The molecule has 1 heterocycles. The Morgan fingerprint density at radius 3 is 2.75 bits per heavy atom. The highest BCUT2D eigenvalue weighted by molar-refractivity contribution is 5.84. The molecule has 0 aromatic carbocycles. The number of carboxylic acids is 1. The maximum Gasteiger partial charge on any atom is 0.326 e. The third-order valence-electron chi connectivity index (χ3n) is 1.94. The van der Waals surface area contributed by atoms with Crippen LogP contribution in [0.4, 0.5) is 0 Å². The van der Waals surface area contributed by atoms with Crippen LogP contribution in [0.3, 0.4) is 0 Å². The number of hydrogen-bond donors (Lipinski definition) is 3. The molecule has 1 aromatic rings. The molecule has 0 spiro atoms. The van der Waals surface area contributed by atoms with E-state index in [-0.39, 0.29) is 6.42 Å². The SMILES string of the molecule is O=C(CO)NC(Cc1cccnc1)C(=O)O. The molecule has 6 heteroatoms. The van der Waals surface area contributed by atoms with Gasteiger partial charge in [0.2, 0.25) is 5.91 Å². The summed E-state index contributed by atoms with van der Waals surface area (Å²) in [4.78, 5) is 25.6. The van der Waals surface area contributed by atoms with E-state index in [0.29, 0.717) is 5.56 Å². The maximum absolute atomic E-state index is 10.9. The summed E-state index contributed by atoms with van der Waals surface area (Å²) in [5.74, 6) is -1.86. The molecule has 0 saturated heterocycles. The molecule has 1 rings (SSSR count). The Morgan fingerprint density at radius 2 is 2.25 bits per heavy atom. The fraction of sp³-hybridized carbons (Fsp3) is 0.300. The monoisotopic (exact) mass is 224 g/mol. The molecule has 0 aliphatic rings. The zero-order valence-corrected chi connectivity index (χ0v) is 8.46. The molecule has 1 aromatic heterocycles. The lowest BCUT2D eigenvalue weighted by Crippen LogP contribution is -2.43. The highest BCUT2D eigenvalue weighted by atomic mass is 16.4. The van der Waals surface area contributed by atoms with E-state index in [0.717, 1.165) is 0 Å². The number of rotatable bonds is 5. The number of carbonyl (C=O) groups is 2. The van der Waals surface area contributed by atoms with Crippen molar-refractivity contribution in [2.24, 2.45) is 0 Å². The van der Waals surface area contributed by atoms with E-state index >= 15 is 0 Å². The van der Waals surface area contributed by atoms with Gasteiger partial charge in [-0.2, -0.15) is 0 Å². The largest absolute Gasteiger partial charge is 0.480 e. The predicted molar refractivity (Wildman–Crippen MR) is 54.6 cm³/mol. The summed E-state index contributed by atoms with van der Waals surface area (Å²) < 4.78 is 0. The maximum atomic E-state index is 10.9. The quantitative estimate of drug-likeness (QED) is 0.607. The second-order valence-corrected chi connectivity index (χ2v) is 3.18. The standard InChI is InChI=1S/C10H12N2O4/c13-6-9(14)12-8(10(15)16)4-7-2-1-3-11-5-7/h1-3,5,8,13H,4,6H2,(H,12,14)(H,15,16). The number of aliphatic carboxylic acids is 1. The molecule has 0 saturated carbocycles. The van der Waals surface area contributed by atoms with Crippen molar-refractivity contribution < 1.29 is 19.8 Å². The third-order valence-corrected chi connectivity index (χ3v) is 1.94. The van der Waals surface area contributed by atoms with E-state index in [9.17, 15) is 9.59 Å². The Kier molecular flexibility index (Phi) is 4.41. The number of aliphatic hydroxyl groups excluding tert-OH is 1. The highest BCUT2D eigenvalue weighted by Gasteiger charge is 2.19. The number of amides is 1. The molecule has 86 valence electrons. The number of carbonyl (C=O) groups excluding carboxylic acids is 1. The molecule has 3 N–H and O–H groups in total. The number of aromatic nitrogens is 1. The van der Waals surface area contributed by atoms with Crippen LogP contribution >= 0.6 is 0 Å². The zero-order chi connectivity index (χ0) is 12.0. The first-order valence-corrected chi connectivity index (χ1v) is 4.65. The van der Waals surface area contributed by atoms with Gasteiger partial charge in [0, 0.05) is 18.8 Å². The van der Waals surface area contributed by atoms with Crippen LogP contribution in [0.5, 0.6) is 0 Å². The van der Waals surface area contributed by atoms with Gasteiger partial charge in [-0.05, 0) is 11.6 Å². The molecular weight excluding hydrogens is 212 g/mol. The predicted octanol–water partition coefficient (Wildman–Crippen LogP) is -0.814. The van der Waals surface area contributed by atoms with Crippen LogP contribution in [0.25, 0.3) is 0 Å². The van der Waals surface area contributed by atoms with E-state index < -0.39 is 24.5 Å². The Labute approximate surface area is 91.9 Å². The fourth-order valence-electron chi connectivity index (χ4n) is 1.19. The summed E-state index contributed by atoms with van der Waals surface area (Å²) in [6, 6.07) is 2.35. The number of carboxylic acid groups (broad SMARTS) is 1. The molecule has 0 radical (unpaired) electrons. The minimum Gasteiger partial charge on any atom is -0.480 e. The van der Waals surface area contributed by atoms with Crippen LogP contribution in [-0.2, 0) is 16.0 Å². The van der Waals surface area contributed by atoms with Crippen LogP contribution in [-0.4, -0.2) is 39.7 Å². The van der Waals surface area contributed by atoms with Crippen molar-refractivity contribution in [1.29, 1.82) is 0 Å². The Morgan fingerprint density at radius 1 is 1.50 bits per heavy atom. The number of aliphatic hydroxyl groups is 1. The van der Waals surface area contributed by atoms with Crippen molar-refractivity contribution >= 4 is 11.9 Å². The summed E-state index contributed by atoms with van der Waals surface area (Å²) in [6.45, 7) is -0.725. The average molecular weight is 224 g/mol. The minimum absolute atomic E-state index is 0.134. The van der Waals surface area contributed by atoms with E-state index in [1.165, 1.54) is 6.20 Å². The first-order chi connectivity index (χ1) is 7.63. The van der Waals surface area contributed by atoms with Crippen LogP contribution in [0.2, 0.25) is 0 Å². The Balaban J connectivity index is 2.65. The lowest BCUT2D eigenvalue weighted by atomic mass is 10.1. The molecule has 16 heavy (non-hydrogen) atoms. The normalized spacial score (nSPS) is 11.8. The molecule has 0 aliphatic heterocycles. The lowest BCUT2D eigenvalue weighted by Gasteiger charge is -2.13. The molecule has 0 bridgehead atoms. The Bertz CT molecular complexity index is 366. The number of nitrogens with zero attached hydrogens (tertiary/aromatic N) is 1. The van der Waals surface area contributed by atoms with Crippen molar-refractivity contribution in [2.45, 2.75) is 12.5 Å². The molecule has 6 nitrogen and oxygen atoms in total. The summed E-state index contributed by atoms with van der Waals surface area (Å²) in [6.07, 6.45) is 3.24. The molecule has 1 atom stereocenters. The lowest BCUT2D eigenvalue weighted by molar-refractivity contribution is -0.142. The smallest absolute Gasteiger partial charge is 0.326 e. The molecule has 1 amide bonds. The third kappa shape index (κ3) is 3.66. The van der Waals surface area contributed by atoms with Crippen molar-refractivity contribution in [3.63, 3.8) is 0 Å². The zero-order valence-electron chi connectivity index (χ0n) is 8.46. The molecular formula is C10H12N2O4. The number of hydrogen-bond acceptors (Lipinski definition) is 4. The molecule has 0 aliphatic carbocycles. The summed E-state index contributed by atoms with van der Waals surface area (Å²) in [5, 5.41) is 19.6. The van der Waals surface area contributed by atoms with Gasteiger partial charge < -0.3 is 15.5 Å². The van der Waals surface area contributed by atoms with Gasteiger partial charge in [-0.3, -0.25) is 9.78 Å². The van der Waals surface area contributed by atoms with Crippen molar-refractivity contribution in [3.8, 4) is 0 Å². The van der Waals surface area contributed by atoms with E-state index in [1.807, 2.05) is 0 Å². The number of pyridine rings is 1. The van der Waals surface area contributed by atoms with Crippen LogP contribution in [0, 0.1) is 0 Å². The first-order valence-electron chi connectivity index (χ1n) is 4.65. The Hall–Kier alpha value is -1.95.